The van der Waals surface area contributed by atoms with Crippen LogP contribution in [0, 0.1) is 6.92 Å². The van der Waals surface area contributed by atoms with Crippen LogP contribution >= 0.6 is 0 Å². The summed E-state index contributed by atoms with van der Waals surface area (Å²) in [5, 5.41) is 4.22. The van der Waals surface area contributed by atoms with Crippen molar-refractivity contribution >= 4 is 15.7 Å². The van der Waals surface area contributed by atoms with Gasteiger partial charge in [0.1, 0.15) is 17.5 Å². The van der Waals surface area contributed by atoms with Crippen LogP contribution < -0.4 is 4.74 Å². The van der Waals surface area contributed by atoms with E-state index in [-0.39, 0.29) is 16.9 Å². The van der Waals surface area contributed by atoms with E-state index in [9.17, 15) is 13.2 Å². The lowest BCUT2D eigenvalue weighted by Crippen LogP contribution is -2.40. The van der Waals surface area contributed by atoms with Crippen LogP contribution in [-0.2, 0) is 21.6 Å². The van der Waals surface area contributed by atoms with Gasteiger partial charge in [-0.1, -0.05) is 0 Å². The van der Waals surface area contributed by atoms with Gasteiger partial charge < -0.3 is 14.4 Å². The normalized spacial score (nSPS) is 18.2. The van der Waals surface area contributed by atoms with E-state index in [1.54, 1.807) is 34.8 Å². The Bertz CT molecular complexity index is 921. The molecule has 1 unspecified atom stereocenters. The molecule has 1 aromatic carbocycles. The van der Waals surface area contributed by atoms with Crippen LogP contribution in [0.2, 0.25) is 0 Å². The third kappa shape index (κ3) is 4.67. The van der Waals surface area contributed by atoms with Crippen LogP contribution in [0.25, 0.3) is 0 Å². The minimum Gasteiger partial charge on any atom is -0.486 e. The smallest absolute Gasteiger partial charge is 0.272 e. The largest absolute Gasteiger partial charge is 0.486 e. The zero-order valence-electron chi connectivity index (χ0n) is 15.6. The number of aryl methyl sites for hydroxylation is 2. The van der Waals surface area contributed by atoms with Gasteiger partial charge in [-0.15, -0.1) is 0 Å². The monoisotopic (exact) mass is 393 g/mol. The van der Waals surface area contributed by atoms with E-state index in [1.807, 2.05) is 6.92 Å². The van der Waals surface area contributed by atoms with E-state index < -0.39 is 9.84 Å². The molecule has 146 valence electrons. The van der Waals surface area contributed by atoms with Crippen LogP contribution in [0.15, 0.2) is 35.2 Å². The van der Waals surface area contributed by atoms with Gasteiger partial charge in [-0.2, -0.15) is 5.10 Å². The molecule has 1 aliphatic rings. The molecule has 1 aliphatic heterocycles. The Kier molecular flexibility index (Phi) is 5.52. The maximum absolute atomic E-state index is 12.8. The SMILES string of the molecule is Cc1cc(C(=O)N2CCOCC(Oc3ccc(S(C)(=O)=O)cc3)C2)n(C)n1. The van der Waals surface area contributed by atoms with Gasteiger partial charge in [0.2, 0.25) is 0 Å². The lowest BCUT2D eigenvalue weighted by molar-refractivity contribution is 0.0645. The third-order valence-electron chi connectivity index (χ3n) is 4.30. The number of carbonyl (C=O) groups excluding carboxylic acids is 1. The highest BCUT2D eigenvalue weighted by atomic mass is 32.2. The molecule has 8 nitrogen and oxygen atoms in total. The summed E-state index contributed by atoms with van der Waals surface area (Å²) in [6.07, 6.45) is 0.806. The number of amides is 1. The van der Waals surface area contributed by atoms with Crippen molar-refractivity contribution in [3.8, 4) is 5.75 Å². The van der Waals surface area contributed by atoms with Crippen molar-refractivity contribution in [3.05, 3.63) is 41.7 Å². The lowest BCUT2D eigenvalue weighted by atomic mass is 10.2. The number of carbonyl (C=O) groups is 1. The molecule has 2 heterocycles. The highest BCUT2D eigenvalue weighted by Gasteiger charge is 2.26. The predicted molar refractivity (Wildman–Crippen MR) is 98.6 cm³/mol. The molecule has 0 aliphatic carbocycles. The van der Waals surface area contributed by atoms with Gasteiger partial charge in [-0.25, -0.2) is 8.42 Å². The molecule has 1 amide bonds. The average molecular weight is 393 g/mol. The fourth-order valence-corrected chi connectivity index (χ4v) is 3.60. The summed E-state index contributed by atoms with van der Waals surface area (Å²) in [6, 6.07) is 7.98. The number of hydrogen-bond donors (Lipinski definition) is 0. The lowest BCUT2D eigenvalue weighted by Gasteiger charge is -2.24. The molecule has 1 fully saturated rings. The summed E-state index contributed by atoms with van der Waals surface area (Å²) in [6.45, 7) is 3.46. The van der Waals surface area contributed by atoms with Crippen molar-refractivity contribution in [2.45, 2.75) is 17.9 Å². The van der Waals surface area contributed by atoms with E-state index in [2.05, 4.69) is 5.10 Å². The number of aromatic nitrogens is 2. The van der Waals surface area contributed by atoms with Crippen molar-refractivity contribution in [2.24, 2.45) is 7.05 Å². The predicted octanol–water partition coefficient (Wildman–Crippen LogP) is 1.05. The van der Waals surface area contributed by atoms with Gasteiger partial charge in [-0.05, 0) is 37.3 Å². The first kappa shape index (κ1) is 19.4. The molecular formula is C18H23N3O5S. The maximum Gasteiger partial charge on any atom is 0.272 e. The molecule has 3 rings (SSSR count). The minimum absolute atomic E-state index is 0.121. The second kappa shape index (κ2) is 7.69. The molecule has 0 bridgehead atoms. The van der Waals surface area contributed by atoms with E-state index >= 15 is 0 Å². The molecule has 1 aromatic heterocycles. The average Bonchev–Trinajstić information content (AvgIpc) is 2.80. The van der Waals surface area contributed by atoms with Gasteiger partial charge in [0, 0.05) is 19.8 Å². The second-order valence-electron chi connectivity index (χ2n) is 6.60. The molecule has 2 aromatic rings. The summed E-state index contributed by atoms with van der Waals surface area (Å²) >= 11 is 0. The van der Waals surface area contributed by atoms with Crippen LogP contribution in [0.4, 0.5) is 0 Å². The number of ether oxygens (including phenoxy) is 2. The zero-order chi connectivity index (χ0) is 19.6. The quantitative estimate of drug-likeness (QED) is 0.771. The Morgan fingerprint density at radius 3 is 2.59 bits per heavy atom. The molecule has 0 saturated carbocycles. The molecule has 0 radical (unpaired) electrons. The molecule has 9 heteroatoms. The van der Waals surface area contributed by atoms with Crippen molar-refractivity contribution in [3.63, 3.8) is 0 Å². The summed E-state index contributed by atoms with van der Waals surface area (Å²) in [7, 11) is -1.51. The summed E-state index contributed by atoms with van der Waals surface area (Å²) < 4.78 is 36.2. The van der Waals surface area contributed by atoms with E-state index in [1.165, 1.54) is 12.1 Å². The fourth-order valence-electron chi connectivity index (χ4n) is 2.97. The first-order chi connectivity index (χ1) is 12.7. The number of hydrogen-bond acceptors (Lipinski definition) is 6. The Labute approximate surface area is 158 Å². The van der Waals surface area contributed by atoms with Gasteiger partial charge in [0.15, 0.2) is 9.84 Å². The van der Waals surface area contributed by atoms with Crippen LogP contribution in [0.1, 0.15) is 16.2 Å². The Morgan fingerprint density at radius 2 is 2.00 bits per heavy atom. The first-order valence-corrected chi connectivity index (χ1v) is 10.5. The van der Waals surface area contributed by atoms with Crippen molar-refractivity contribution in [2.75, 3.05) is 32.6 Å². The minimum atomic E-state index is -3.25. The summed E-state index contributed by atoms with van der Waals surface area (Å²) in [4.78, 5) is 14.8. The highest BCUT2D eigenvalue weighted by molar-refractivity contribution is 7.90. The van der Waals surface area contributed by atoms with Gasteiger partial charge in [-0.3, -0.25) is 9.48 Å². The Hall–Kier alpha value is -2.39. The third-order valence-corrected chi connectivity index (χ3v) is 5.42. The molecule has 1 saturated heterocycles. The zero-order valence-corrected chi connectivity index (χ0v) is 16.4. The van der Waals surface area contributed by atoms with Crippen molar-refractivity contribution in [1.82, 2.24) is 14.7 Å². The maximum atomic E-state index is 12.8. The molecule has 0 N–H and O–H groups in total. The number of nitrogens with zero attached hydrogens (tertiary/aromatic N) is 3. The van der Waals surface area contributed by atoms with Gasteiger partial charge >= 0.3 is 0 Å². The Balaban J connectivity index is 1.71. The summed E-state index contributed by atoms with van der Waals surface area (Å²) in [5.41, 5.74) is 1.30. The molecule has 27 heavy (non-hydrogen) atoms. The Morgan fingerprint density at radius 1 is 1.30 bits per heavy atom. The van der Waals surface area contributed by atoms with Crippen LogP contribution in [0.5, 0.6) is 5.75 Å². The van der Waals surface area contributed by atoms with Gasteiger partial charge in [0.25, 0.3) is 5.91 Å². The standard InChI is InChI=1S/C18H23N3O5S/c1-13-10-17(20(2)19-13)18(22)21-8-9-25-12-15(11-21)26-14-4-6-16(7-5-14)27(3,23)24/h4-7,10,15H,8-9,11-12H2,1-3H3. The summed E-state index contributed by atoms with van der Waals surface area (Å²) in [5.74, 6) is 0.409. The molecule has 0 spiro atoms. The number of sulfone groups is 1. The van der Waals surface area contributed by atoms with Gasteiger partial charge in [0.05, 0.1) is 30.3 Å². The highest BCUT2D eigenvalue weighted by Crippen LogP contribution is 2.19. The molecular weight excluding hydrogens is 370 g/mol. The fraction of sp³-hybridized carbons (Fsp3) is 0.444. The van der Waals surface area contributed by atoms with E-state index in [0.717, 1.165) is 11.9 Å². The second-order valence-corrected chi connectivity index (χ2v) is 8.62. The van der Waals surface area contributed by atoms with Crippen LogP contribution in [0.3, 0.4) is 0 Å². The van der Waals surface area contributed by atoms with E-state index in [4.69, 9.17) is 9.47 Å². The van der Waals surface area contributed by atoms with Crippen molar-refractivity contribution in [1.29, 1.82) is 0 Å². The first-order valence-electron chi connectivity index (χ1n) is 8.58. The van der Waals surface area contributed by atoms with Crippen LogP contribution in [-0.4, -0.2) is 67.7 Å². The molecule has 1 atom stereocenters. The number of rotatable bonds is 4. The van der Waals surface area contributed by atoms with Crippen molar-refractivity contribution < 1.29 is 22.7 Å². The number of benzene rings is 1. The van der Waals surface area contributed by atoms with E-state index in [0.29, 0.717) is 37.7 Å². The topological polar surface area (TPSA) is 90.7 Å².